The Morgan fingerprint density at radius 3 is 2.00 bits per heavy atom. The molecule has 0 aliphatic heterocycles. The van der Waals surface area contributed by atoms with Crippen molar-refractivity contribution in [2.45, 2.75) is 19.8 Å². The molecule has 62 valence electrons. The van der Waals surface area contributed by atoms with E-state index in [9.17, 15) is 4.79 Å². The maximum atomic E-state index is 11.1. The van der Waals surface area contributed by atoms with Gasteiger partial charge in [-0.3, -0.25) is 14.2 Å². The molecule has 3 nitrogen and oxygen atoms in total. The summed E-state index contributed by atoms with van der Waals surface area (Å²) in [6.07, 6.45) is 0. The molecule has 1 rings (SSSR count). The molecule has 11 heavy (non-hydrogen) atoms. The number of rotatable bonds is 1. The topological polar surface area (TPSA) is 26.9 Å². The van der Waals surface area contributed by atoms with Crippen LogP contribution in [0.3, 0.4) is 0 Å². The van der Waals surface area contributed by atoms with E-state index in [0.29, 0.717) is 5.92 Å². The van der Waals surface area contributed by atoms with Crippen LogP contribution in [0.1, 0.15) is 25.5 Å². The third kappa shape index (κ3) is 1.23. The van der Waals surface area contributed by atoms with Gasteiger partial charge < -0.3 is 0 Å². The predicted molar refractivity (Wildman–Crippen MR) is 44.7 cm³/mol. The highest BCUT2D eigenvalue weighted by Crippen LogP contribution is 2.10. The lowest BCUT2D eigenvalue weighted by Gasteiger charge is -2.07. The number of aromatic nitrogens is 2. The monoisotopic (exact) mass is 154 g/mol. The maximum absolute atomic E-state index is 11.1. The van der Waals surface area contributed by atoms with Crippen LogP contribution in [-0.2, 0) is 14.1 Å². The Kier molecular flexibility index (Phi) is 1.89. The molecule has 0 atom stereocenters. The highest BCUT2D eigenvalue weighted by Gasteiger charge is 2.07. The van der Waals surface area contributed by atoms with Crippen molar-refractivity contribution < 1.29 is 0 Å². The second-order valence-corrected chi connectivity index (χ2v) is 3.11. The van der Waals surface area contributed by atoms with E-state index in [1.54, 1.807) is 17.8 Å². The average molecular weight is 154 g/mol. The van der Waals surface area contributed by atoms with Crippen LogP contribution in [0, 0.1) is 0 Å². The summed E-state index contributed by atoms with van der Waals surface area (Å²) in [5, 5.41) is 0. The quantitative estimate of drug-likeness (QED) is 0.589. The zero-order chi connectivity index (χ0) is 8.59. The second-order valence-electron chi connectivity index (χ2n) is 3.11. The van der Waals surface area contributed by atoms with Gasteiger partial charge in [0.05, 0.1) is 0 Å². The minimum absolute atomic E-state index is 0.0659. The van der Waals surface area contributed by atoms with Gasteiger partial charge >= 0.3 is 0 Å². The normalized spacial score (nSPS) is 11.0. The maximum Gasteiger partial charge on any atom is 0.266 e. The molecule has 0 saturated heterocycles. The molecule has 0 saturated carbocycles. The van der Waals surface area contributed by atoms with Gasteiger partial charge in [-0.05, 0) is 5.92 Å². The van der Waals surface area contributed by atoms with E-state index in [0.717, 1.165) is 5.69 Å². The van der Waals surface area contributed by atoms with Crippen LogP contribution < -0.4 is 5.56 Å². The lowest BCUT2D eigenvalue weighted by atomic mass is 10.1. The first-order chi connectivity index (χ1) is 5.04. The van der Waals surface area contributed by atoms with Crippen LogP contribution in [-0.4, -0.2) is 9.36 Å². The van der Waals surface area contributed by atoms with Gasteiger partial charge in [0.15, 0.2) is 0 Å². The van der Waals surface area contributed by atoms with E-state index in [1.165, 1.54) is 0 Å². The number of nitrogens with zero attached hydrogens (tertiary/aromatic N) is 2. The summed E-state index contributed by atoms with van der Waals surface area (Å²) in [6, 6.07) is 1.69. The van der Waals surface area contributed by atoms with E-state index in [2.05, 4.69) is 13.8 Å². The molecule has 3 heteroatoms. The third-order valence-electron chi connectivity index (χ3n) is 2.01. The summed E-state index contributed by atoms with van der Waals surface area (Å²) in [6.45, 7) is 4.16. The van der Waals surface area contributed by atoms with Gasteiger partial charge in [-0.2, -0.15) is 0 Å². The van der Waals surface area contributed by atoms with Gasteiger partial charge in [-0.15, -0.1) is 0 Å². The minimum atomic E-state index is 0.0659. The zero-order valence-electron chi connectivity index (χ0n) is 7.46. The molecule has 0 fully saturated rings. The molecule has 0 bridgehead atoms. The summed E-state index contributed by atoms with van der Waals surface area (Å²) in [4.78, 5) is 11.1. The highest BCUT2D eigenvalue weighted by molar-refractivity contribution is 5.06. The SMILES string of the molecule is CC(C)c1cc(=O)n(C)n1C. The Bertz CT molecular complexity index is 306. The Balaban J connectivity index is 3.30. The van der Waals surface area contributed by atoms with Crippen molar-refractivity contribution in [1.29, 1.82) is 0 Å². The van der Waals surface area contributed by atoms with Gasteiger partial charge in [0.25, 0.3) is 5.56 Å². The summed E-state index contributed by atoms with van der Waals surface area (Å²) in [7, 11) is 3.67. The summed E-state index contributed by atoms with van der Waals surface area (Å²) < 4.78 is 3.49. The van der Waals surface area contributed by atoms with Crippen molar-refractivity contribution in [2.75, 3.05) is 0 Å². The van der Waals surface area contributed by atoms with Crippen LogP contribution in [0.25, 0.3) is 0 Å². The molecule has 0 aromatic carbocycles. The van der Waals surface area contributed by atoms with Crippen molar-refractivity contribution in [3.05, 3.63) is 22.1 Å². The van der Waals surface area contributed by atoms with Gasteiger partial charge in [0.2, 0.25) is 0 Å². The molecule has 0 amide bonds. The van der Waals surface area contributed by atoms with E-state index < -0.39 is 0 Å². The van der Waals surface area contributed by atoms with Crippen molar-refractivity contribution >= 4 is 0 Å². The lowest BCUT2D eigenvalue weighted by Crippen LogP contribution is -2.17. The second kappa shape index (κ2) is 2.57. The van der Waals surface area contributed by atoms with Gasteiger partial charge in [0.1, 0.15) is 0 Å². The first kappa shape index (κ1) is 8.11. The molecule has 0 unspecified atom stereocenters. The van der Waals surface area contributed by atoms with Crippen molar-refractivity contribution in [1.82, 2.24) is 9.36 Å². The zero-order valence-corrected chi connectivity index (χ0v) is 7.46. The standard InChI is InChI=1S/C8H14N2O/c1-6(2)7-5-8(11)10(4)9(7)3/h5-6H,1-4H3. The molecule has 1 aromatic rings. The van der Waals surface area contributed by atoms with Gasteiger partial charge in [-0.25, -0.2) is 0 Å². The first-order valence-corrected chi connectivity index (χ1v) is 3.77. The molecule has 1 aromatic heterocycles. The first-order valence-electron chi connectivity index (χ1n) is 3.77. The van der Waals surface area contributed by atoms with E-state index in [1.807, 2.05) is 11.7 Å². The van der Waals surface area contributed by atoms with Gasteiger partial charge in [-0.1, -0.05) is 13.8 Å². The largest absolute Gasteiger partial charge is 0.290 e. The molecule has 0 aliphatic carbocycles. The number of hydrogen-bond donors (Lipinski definition) is 0. The Hall–Kier alpha value is -0.990. The molecular weight excluding hydrogens is 140 g/mol. The third-order valence-corrected chi connectivity index (χ3v) is 2.01. The van der Waals surface area contributed by atoms with Crippen molar-refractivity contribution in [2.24, 2.45) is 14.1 Å². The highest BCUT2D eigenvalue weighted by atomic mass is 16.1. The fourth-order valence-electron chi connectivity index (χ4n) is 1.17. The van der Waals surface area contributed by atoms with E-state index in [4.69, 9.17) is 0 Å². The smallest absolute Gasteiger partial charge is 0.266 e. The van der Waals surface area contributed by atoms with E-state index in [-0.39, 0.29) is 5.56 Å². The van der Waals surface area contributed by atoms with Crippen molar-refractivity contribution in [3.63, 3.8) is 0 Å². The van der Waals surface area contributed by atoms with Crippen LogP contribution in [0.2, 0.25) is 0 Å². The van der Waals surface area contributed by atoms with Crippen molar-refractivity contribution in [3.8, 4) is 0 Å². The number of hydrogen-bond acceptors (Lipinski definition) is 1. The average Bonchev–Trinajstić information content (AvgIpc) is 2.17. The molecule has 0 aliphatic rings. The summed E-state index contributed by atoms with van der Waals surface area (Å²) in [5.74, 6) is 0.411. The Morgan fingerprint density at radius 1 is 1.27 bits per heavy atom. The summed E-state index contributed by atoms with van der Waals surface area (Å²) >= 11 is 0. The Morgan fingerprint density at radius 2 is 1.82 bits per heavy atom. The van der Waals surface area contributed by atoms with Crippen LogP contribution in [0.4, 0.5) is 0 Å². The van der Waals surface area contributed by atoms with Crippen LogP contribution in [0.15, 0.2) is 10.9 Å². The molecule has 0 radical (unpaired) electrons. The lowest BCUT2D eigenvalue weighted by molar-refractivity contribution is 0.543. The van der Waals surface area contributed by atoms with Crippen LogP contribution >= 0.6 is 0 Å². The fraction of sp³-hybridized carbons (Fsp3) is 0.625. The summed E-state index contributed by atoms with van der Waals surface area (Å²) in [5.41, 5.74) is 1.15. The molecular formula is C8H14N2O. The Labute approximate surface area is 66.2 Å². The predicted octanol–water partition coefficient (Wildman–Crippen LogP) is 0.847. The molecule has 1 heterocycles. The van der Waals surface area contributed by atoms with E-state index >= 15 is 0 Å². The molecule has 0 N–H and O–H groups in total. The van der Waals surface area contributed by atoms with Gasteiger partial charge in [0, 0.05) is 25.9 Å². The van der Waals surface area contributed by atoms with Crippen LogP contribution in [0.5, 0.6) is 0 Å². The minimum Gasteiger partial charge on any atom is -0.290 e. The fourth-order valence-corrected chi connectivity index (χ4v) is 1.17. The molecule has 0 spiro atoms.